The van der Waals surface area contributed by atoms with Crippen molar-refractivity contribution in [2.24, 2.45) is 0 Å². The Balaban J connectivity index is 1.59. The van der Waals surface area contributed by atoms with E-state index in [0.717, 1.165) is 51.5 Å². The second-order valence-electron chi connectivity index (χ2n) is 6.44. The molecule has 0 spiro atoms. The van der Waals surface area contributed by atoms with Crippen LogP contribution in [0.5, 0.6) is 0 Å². The number of hydrogen-bond donors (Lipinski definition) is 0. The Bertz CT molecular complexity index is 488. The van der Waals surface area contributed by atoms with E-state index in [4.69, 9.17) is 27.9 Å². The van der Waals surface area contributed by atoms with Crippen LogP contribution in [0.15, 0.2) is 12.4 Å². The van der Waals surface area contributed by atoms with E-state index in [1.54, 1.807) is 12.4 Å². The number of aromatic nitrogens is 1. The highest BCUT2D eigenvalue weighted by Crippen LogP contribution is 2.28. The van der Waals surface area contributed by atoms with E-state index in [1.807, 2.05) is 0 Å². The fourth-order valence-electron chi connectivity index (χ4n) is 3.54. The molecule has 0 bridgehead atoms. The summed E-state index contributed by atoms with van der Waals surface area (Å²) in [5.74, 6) is 0. The highest BCUT2D eigenvalue weighted by atomic mass is 35.5. The lowest BCUT2D eigenvalue weighted by Crippen LogP contribution is -2.43. The van der Waals surface area contributed by atoms with Crippen LogP contribution in [0.2, 0.25) is 10.0 Å². The molecule has 0 N–H and O–H groups in total. The fourth-order valence-corrected chi connectivity index (χ4v) is 4.03. The van der Waals surface area contributed by atoms with Crippen LogP contribution >= 0.6 is 23.2 Å². The molecular formula is C17H25Cl2N3O. The Morgan fingerprint density at radius 3 is 2.57 bits per heavy atom. The van der Waals surface area contributed by atoms with Gasteiger partial charge in [0.05, 0.1) is 23.3 Å². The lowest BCUT2D eigenvalue weighted by Gasteiger charge is -2.37. The summed E-state index contributed by atoms with van der Waals surface area (Å²) in [4.78, 5) is 9.12. The van der Waals surface area contributed by atoms with Crippen molar-refractivity contribution in [1.82, 2.24) is 14.8 Å². The third-order valence-corrected chi connectivity index (χ3v) is 5.60. The van der Waals surface area contributed by atoms with Crippen LogP contribution in [0.25, 0.3) is 0 Å². The van der Waals surface area contributed by atoms with Gasteiger partial charge in [-0.05, 0) is 32.4 Å². The Labute approximate surface area is 148 Å². The minimum absolute atomic E-state index is 0.617. The molecule has 128 valence electrons. The first-order chi connectivity index (χ1) is 11.2. The van der Waals surface area contributed by atoms with Crippen molar-refractivity contribution >= 4 is 23.2 Å². The Morgan fingerprint density at radius 2 is 1.83 bits per heavy atom. The van der Waals surface area contributed by atoms with Crippen molar-refractivity contribution in [2.45, 2.75) is 38.3 Å². The SMILES string of the molecule is Clc1cncc(Cl)c1CN1CCCCC1CCN1CCOCC1. The van der Waals surface area contributed by atoms with Gasteiger partial charge in [-0.3, -0.25) is 14.8 Å². The molecule has 0 aromatic carbocycles. The molecule has 2 aliphatic rings. The maximum absolute atomic E-state index is 6.30. The van der Waals surface area contributed by atoms with Crippen LogP contribution in [-0.4, -0.2) is 60.2 Å². The van der Waals surface area contributed by atoms with Gasteiger partial charge in [0.15, 0.2) is 0 Å². The van der Waals surface area contributed by atoms with Crippen LogP contribution in [0, 0.1) is 0 Å². The van der Waals surface area contributed by atoms with Gasteiger partial charge in [0.2, 0.25) is 0 Å². The number of piperidine rings is 1. The monoisotopic (exact) mass is 357 g/mol. The van der Waals surface area contributed by atoms with Crippen LogP contribution < -0.4 is 0 Å². The van der Waals surface area contributed by atoms with Crippen molar-refractivity contribution < 1.29 is 4.74 Å². The smallest absolute Gasteiger partial charge is 0.0649 e. The average Bonchev–Trinajstić information content (AvgIpc) is 2.58. The van der Waals surface area contributed by atoms with Gasteiger partial charge in [-0.15, -0.1) is 0 Å². The minimum atomic E-state index is 0.617. The number of nitrogens with zero attached hydrogens (tertiary/aromatic N) is 3. The van der Waals surface area contributed by atoms with Gasteiger partial charge in [-0.2, -0.15) is 0 Å². The zero-order valence-corrected chi connectivity index (χ0v) is 15.0. The van der Waals surface area contributed by atoms with Crippen molar-refractivity contribution in [1.29, 1.82) is 0 Å². The third kappa shape index (κ3) is 4.80. The van der Waals surface area contributed by atoms with E-state index in [-0.39, 0.29) is 0 Å². The molecule has 2 fully saturated rings. The van der Waals surface area contributed by atoms with Crippen molar-refractivity contribution in [3.8, 4) is 0 Å². The normalized spacial score (nSPS) is 24.0. The molecule has 1 aromatic heterocycles. The van der Waals surface area contributed by atoms with Gasteiger partial charge >= 0.3 is 0 Å². The second kappa shape index (κ2) is 8.63. The molecule has 6 heteroatoms. The van der Waals surface area contributed by atoms with Crippen LogP contribution in [0.4, 0.5) is 0 Å². The lowest BCUT2D eigenvalue weighted by molar-refractivity contribution is 0.0302. The maximum atomic E-state index is 6.30. The van der Waals surface area contributed by atoms with Crippen LogP contribution in [0.1, 0.15) is 31.2 Å². The number of halogens is 2. The molecular weight excluding hydrogens is 333 g/mol. The quantitative estimate of drug-likeness (QED) is 0.806. The third-order valence-electron chi connectivity index (χ3n) is 4.94. The number of pyridine rings is 1. The molecule has 2 saturated heterocycles. The standard InChI is InChI=1S/C17H25Cl2N3O/c18-16-11-20-12-17(19)15(16)13-22-5-2-1-3-14(22)4-6-21-7-9-23-10-8-21/h11-12,14H,1-10,13H2. The molecule has 0 saturated carbocycles. The van der Waals surface area contributed by atoms with Gasteiger partial charge in [0, 0.05) is 43.6 Å². The second-order valence-corrected chi connectivity index (χ2v) is 7.26. The zero-order valence-electron chi connectivity index (χ0n) is 13.5. The van der Waals surface area contributed by atoms with E-state index in [9.17, 15) is 0 Å². The van der Waals surface area contributed by atoms with Gasteiger partial charge in [0.1, 0.15) is 0 Å². The summed E-state index contributed by atoms with van der Waals surface area (Å²) in [6, 6.07) is 0.617. The molecule has 4 nitrogen and oxygen atoms in total. The predicted molar refractivity (Wildman–Crippen MR) is 94.2 cm³/mol. The first-order valence-electron chi connectivity index (χ1n) is 8.56. The summed E-state index contributed by atoms with van der Waals surface area (Å²) in [5.41, 5.74) is 1.02. The van der Waals surface area contributed by atoms with Crippen molar-refractivity contribution in [2.75, 3.05) is 39.4 Å². The molecule has 1 unspecified atom stereocenters. The van der Waals surface area contributed by atoms with Crippen molar-refractivity contribution in [3.63, 3.8) is 0 Å². The largest absolute Gasteiger partial charge is 0.379 e. The molecule has 3 rings (SSSR count). The molecule has 3 heterocycles. The Hall–Kier alpha value is -0.390. The topological polar surface area (TPSA) is 28.6 Å². The molecule has 0 radical (unpaired) electrons. The van der Waals surface area contributed by atoms with E-state index in [2.05, 4.69) is 14.8 Å². The van der Waals surface area contributed by atoms with E-state index >= 15 is 0 Å². The zero-order chi connectivity index (χ0) is 16.1. The first-order valence-corrected chi connectivity index (χ1v) is 9.31. The lowest BCUT2D eigenvalue weighted by atomic mass is 9.98. The minimum Gasteiger partial charge on any atom is -0.379 e. The number of morpholine rings is 1. The van der Waals surface area contributed by atoms with Gasteiger partial charge in [0.25, 0.3) is 0 Å². The Morgan fingerprint density at radius 1 is 1.09 bits per heavy atom. The summed E-state index contributed by atoms with van der Waals surface area (Å²) >= 11 is 12.6. The molecule has 23 heavy (non-hydrogen) atoms. The van der Waals surface area contributed by atoms with Crippen molar-refractivity contribution in [3.05, 3.63) is 28.0 Å². The number of ether oxygens (including phenoxy) is 1. The first kappa shape index (κ1) is 17.4. The van der Waals surface area contributed by atoms with E-state index in [0.29, 0.717) is 16.1 Å². The molecule has 2 aliphatic heterocycles. The van der Waals surface area contributed by atoms with Crippen LogP contribution in [-0.2, 0) is 11.3 Å². The maximum Gasteiger partial charge on any atom is 0.0649 e. The highest BCUT2D eigenvalue weighted by Gasteiger charge is 2.24. The fraction of sp³-hybridized carbons (Fsp3) is 0.706. The molecule has 1 aromatic rings. The van der Waals surface area contributed by atoms with Crippen LogP contribution in [0.3, 0.4) is 0 Å². The predicted octanol–water partition coefficient (Wildman–Crippen LogP) is 3.47. The summed E-state index contributed by atoms with van der Waals surface area (Å²) in [6.45, 7) is 6.98. The molecule has 0 aliphatic carbocycles. The van der Waals surface area contributed by atoms with E-state index < -0.39 is 0 Å². The Kier molecular flexibility index (Phi) is 6.54. The summed E-state index contributed by atoms with van der Waals surface area (Å²) in [5, 5.41) is 1.35. The average molecular weight is 358 g/mol. The molecule has 0 amide bonds. The van der Waals surface area contributed by atoms with Gasteiger partial charge in [-0.1, -0.05) is 29.6 Å². The summed E-state index contributed by atoms with van der Waals surface area (Å²) in [7, 11) is 0. The summed E-state index contributed by atoms with van der Waals surface area (Å²) in [6.07, 6.45) is 8.44. The van der Waals surface area contributed by atoms with Gasteiger partial charge in [-0.25, -0.2) is 0 Å². The summed E-state index contributed by atoms with van der Waals surface area (Å²) < 4.78 is 5.43. The van der Waals surface area contributed by atoms with E-state index in [1.165, 1.54) is 25.7 Å². The van der Waals surface area contributed by atoms with Gasteiger partial charge < -0.3 is 4.74 Å². The number of rotatable bonds is 5. The number of likely N-dealkylation sites (tertiary alicyclic amines) is 1. The molecule has 1 atom stereocenters. The highest BCUT2D eigenvalue weighted by molar-refractivity contribution is 6.35. The number of hydrogen-bond acceptors (Lipinski definition) is 4.